The summed E-state index contributed by atoms with van der Waals surface area (Å²) in [5.74, 6) is -0.740. The number of amides is 2. The minimum atomic E-state index is -4.19. The minimum absolute atomic E-state index is 0.0139. The van der Waals surface area contributed by atoms with E-state index in [2.05, 4.69) is 21.2 Å². The Kier molecular flexibility index (Phi) is 12.1. The van der Waals surface area contributed by atoms with Crippen LogP contribution in [-0.2, 0) is 32.6 Å². The van der Waals surface area contributed by atoms with E-state index in [1.807, 2.05) is 44.2 Å². The SMILES string of the molecule is CC(C)CNC(=O)[C@H](Cc1ccccc1)N(Cc1ccc(Cl)c(Cl)c1)C(=O)CN(c1cccc(Br)c1)S(=O)(=O)c1ccccc1. The lowest BCUT2D eigenvalue weighted by Gasteiger charge is -2.34. The van der Waals surface area contributed by atoms with Gasteiger partial charge in [-0.05, 0) is 59.5 Å². The van der Waals surface area contributed by atoms with Gasteiger partial charge in [-0.3, -0.25) is 13.9 Å². The second kappa shape index (κ2) is 15.8. The number of nitrogens with one attached hydrogen (secondary N) is 1. The van der Waals surface area contributed by atoms with Gasteiger partial charge in [-0.25, -0.2) is 8.42 Å². The maximum absolute atomic E-state index is 14.5. The Morgan fingerprint density at radius 3 is 2.11 bits per heavy atom. The third kappa shape index (κ3) is 9.33. The first kappa shape index (κ1) is 34.5. The molecule has 0 heterocycles. The fourth-order valence-corrected chi connectivity index (χ4v) is 6.83. The van der Waals surface area contributed by atoms with Gasteiger partial charge in [0.25, 0.3) is 10.0 Å². The highest BCUT2D eigenvalue weighted by molar-refractivity contribution is 9.10. The van der Waals surface area contributed by atoms with Gasteiger partial charge in [0.2, 0.25) is 11.8 Å². The van der Waals surface area contributed by atoms with Crippen molar-refractivity contribution >= 4 is 66.7 Å². The molecule has 0 aliphatic carbocycles. The molecule has 2 amide bonds. The van der Waals surface area contributed by atoms with E-state index >= 15 is 0 Å². The molecular weight excluding hydrogens is 697 g/mol. The van der Waals surface area contributed by atoms with Crippen LogP contribution in [0.4, 0.5) is 5.69 Å². The lowest BCUT2D eigenvalue weighted by Crippen LogP contribution is -2.53. The van der Waals surface area contributed by atoms with E-state index in [1.54, 1.807) is 60.7 Å². The Balaban J connectivity index is 1.81. The minimum Gasteiger partial charge on any atom is -0.354 e. The highest BCUT2D eigenvalue weighted by Crippen LogP contribution is 2.28. The molecule has 0 unspecified atom stereocenters. The molecule has 1 N–H and O–H groups in total. The Morgan fingerprint density at radius 1 is 0.822 bits per heavy atom. The van der Waals surface area contributed by atoms with Gasteiger partial charge in [-0.15, -0.1) is 0 Å². The number of hydrogen-bond acceptors (Lipinski definition) is 4. The molecule has 0 aliphatic rings. The van der Waals surface area contributed by atoms with Crippen LogP contribution in [0.5, 0.6) is 0 Å². The van der Waals surface area contributed by atoms with E-state index in [4.69, 9.17) is 23.2 Å². The number of carbonyl (C=O) groups excluding carboxylic acids is 2. The van der Waals surface area contributed by atoms with Crippen molar-refractivity contribution in [1.82, 2.24) is 10.2 Å². The summed E-state index contributed by atoms with van der Waals surface area (Å²) in [6.07, 6.45) is 0.208. The molecule has 0 saturated carbocycles. The molecule has 11 heteroatoms. The van der Waals surface area contributed by atoms with Gasteiger partial charge in [-0.2, -0.15) is 0 Å². The summed E-state index contributed by atoms with van der Waals surface area (Å²) in [5, 5.41) is 3.62. The van der Waals surface area contributed by atoms with E-state index in [-0.39, 0.29) is 29.7 Å². The van der Waals surface area contributed by atoms with Crippen molar-refractivity contribution in [2.75, 3.05) is 17.4 Å². The van der Waals surface area contributed by atoms with Gasteiger partial charge >= 0.3 is 0 Å². The third-order valence-corrected chi connectivity index (χ3v) is 10.0. The molecule has 0 spiro atoms. The lowest BCUT2D eigenvalue weighted by atomic mass is 10.0. The molecule has 4 aromatic rings. The zero-order chi connectivity index (χ0) is 32.6. The molecular formula is C34H34BrCl2N3O4S. The first-order valence-electron chi connectivity index (χ1n) is 14.3. The summed E-state index contributed by atoms with van der Waals surface area (Å²) in [5.41, 5.74) is 1.77. The number of anilines is 1. The molecule has 7 nitrogen and oxygen atoms in total. The van der Waals surface area contributed by atoms with Gasteiger partial charge in [-0.1, -0.05) is 114 Å². The van der Waals surface area contributed by atoms with Crippen molar-refractivity contribution in [3.8, 4) is 0 Å². The van der Waals surface area contributed by atoms with Crippen LogP contribution in [0.1, 0.15) is 25.0 Å². The van der Waals surface area contributed by atoms with Crippen molar-refractivity contribution in [2.45, 2.75) is 37.8 Å². The smallest absolute Gasteiger partial charge is 0.264 e. The van der Waals surface area contributed by atoms with E-state index in [0.717, 1.165) is 9.87 Å². The quantitative estimate of drug-likeness (QED) is 0.156. The zero-order valence-electron chi connectivity index (χ0n) is 24.9. The Morgan fingerprint density at radius 2 is 1.49 bits per heavy atom. The topological polar surface area (TPSA) is 86.8 Å². The summed E-state index contributed by atoms with van der Waals surface area (Å²) in [4.78, 5) is 29.8. The van der Waals surface area contributed by atoms with Crippen LogP contribution in [0.3, 0.4) is 0 Å². The fourth-order valence-electron chi connectivity index (χ4n) is 4.69. The van der Waals surface area contributed by atoms with Gasteiger partial charge in [0, 0.05) is 24.0 Å². The first-order valence-corrected chi connectivity index (χ1v) is 17.3. The predicted octanol–water partition coefficient (Wildman–Crippen LogP) is 7.36. The number of halogens is 3. The molecule has 236 valence electrons. The van der Waals surface area contributed by atoms with Gasteiger partial charge in [0.1, 0.15) is 12.6 Å². The maximum Gasteiger partial charge on any atom is 0.264 e. The van der Waals surface area contributed by atoms with Gasteiger partial charge in [0.05, 0.1) is 20.6 Å². The van der Waals surface area contributed by atoms with Crippen LogP contribution in [-0.4, -0.2) is 44.3 Å². The Labute approximate surface area is 283 Å². The molecule has 0 fully saturated rings. The second-order valence-corrected chi connectivity index (χ2v) is 14.5. The van der Waals surface area contributed by atoms with Gasteiger partial charge < -0.3 is 10.2 Å². The van der Waals surface area contributed by atoms with E-state index in [0.29, 0.717) is 32.3 Å². The molecule has 4 rings (SSSR count). The number of carbonyl (C=O) groups is 2. The van der Waals surface area contributed by atoms with Crippen molar-refractivity contribution in [3.63, 3.8) is 0 Å². The lowest BCUT2D eigenvalue weighted by molar-refractivity contribution is -0.140. The van der Waals surface area contributed by atoms with Crippen molar-refractivity contribution < 1.29 is 18.0 Å². The predicted molar refractivity (Wildman–Crippen MR) is 184 cm³/mol. The Hall–Kier alpha value is -3.37. The fraction of sp³-hybridized carbons (Fsp3) is 0.235. The number of nitrogens with zero attached hydrogens (tertiary/aromatic N) is 2. The summed E-state index contributed by atoms with van der Waals surface area (Å²) in [7, 11) is -4.19. The normalized spacial score (nSPS) is 12.0. The highest BCUT2D eigenvalue weighted by Gasteiger charge is 2.34. The molecule has 1 atom stereocenters. The molecule has 0 bridgehead atoms. The largest absolute Gasteiger partial charge is 0.354 e. The van der Waals surface area contributed by atoms with Gasteiger partial charge in [0.15, 0.2) is 0 Å². The molecule has 0 radical (unpaired) electrons. The van der Waals surface area contributed by atoms with E-state index < -0.39 is 28.5 Å². The van der Waals surface area contributed by atoms with Crippen LogP contribution in [0, 0.1) is 5.92 Å². The van der Waals surface area contributed by atoms with Crippen LogP contribution in [0.15, 0.2) is 112 Å². The third-order valence-electron chi connectivity index (χ3n) is 7.00. The first-order chi connectivity index (χ1) is 21.5. The number of hydrogen-bond donors (Lipinski definition) is 1. The molecule has 0 aliphatic heterocycles. The zero-order valence-corrected chi connectivity index (χ0v) is 28.8. The maximum atomic E-state index is 14.5. The molecule has 45 heavy (non-hydrogen) atoms. The van der Waals surface area contributed by atoms with Crippen molar-refractivity contribution in [3.05, 3.63) is 129 Å². The summed E-state index contributed by atoms with van der Waals surface area (Å²) in [6.45, 7) is 3.80. The van der Waals surface area contributed by atoms with E-state index in [1.165, 1.54) is 17.0 Å². The standard InChI is InChI=1S/C34H34BrCl2N3O4S/c1-24(2)21-38-34(42)32(19-25-10-5-3-6-11-25)39(22-26-16-17-30(36)31(37)18-26)33(41)23-40(28-13-9-12-27(35)20-28)45(43,44)29-14-7-4-8-15-29/h3-18,20,24,32H,19,21-23H2,1-2H3,(H,38,42)/t32-/m0/s1. The monoisotopic (exact) mass is 729 g/mol. The molecule has 4 aromatic carbocycles. The van der Waals surface area contributed by atoms with Crippen molar-refractivity contribution in [2.24, 2.45) is 5.92 Å². The average molecular weight is 732 g/mol. The van der Waals surface area contributed by atoms with Crippen LogP contribution < -0.4 is 9.62 Å². The number of rotatable bonds is 13. The molecule has 0 aromatic heterocycles. The number of sulfonamides is 1. The van der Waals surface area contributed by atoms with Crippen molar-refractivity contribution in [1.29, 1.82) is 0 Å². The average Bonchev–Trinajstić information content (AvgIpc) is 3.02. The second-order valence-electron chi connectivity index (χ2n) is 10.9. The van der Waals surface area contributed by atoms with Crippen LogP contribution >= 0.6 is 39.1 Å². The van der Waals surface area contributed by atoms with E-state index in [9.17, 15) is 18.0 Å². The summed E-state index contributed by atoms with van der Waals surface area (Å²) in [6, 6.07) is 28.1. The van der Waals surface area contributed by atoms with Crippen LogP contribution in [0.25, 0.3) is 0 Å². The summed E-state index contributed by atoms with van der Waals surface area (Å²) < 4.78 is 29.8. The Bertz CT molecular complexity index is 1720. The van der Waals surface area contributed by atoms with Crippen LogP contribution in [0.2, 0.25) is 10.0 Å². The number of benzene rings is 4. The molecule has 0 saturated heterocycles. The highest BCUT2D eigenvalue weighted by atomic mass is 79.9. The summed E-state index contributed by atoms with van der Waals surface area (Å²) >= 11 is 15.9.